The Labute approximate surface area is 96.7 Å². The van der Waals surface area contributed by atoms with Gasteiger partial charge in [-0.05, 0) is 45.6 Å². The number of rotatable bonds is 3. The van der Waals surface area contributed by atoms with E-state index in [0.29, 0.717) is 6.61 Å². The maximum absolute atomic E-state index is 11.9. The predicted octanol–water partition coefficient (Wildman–Crippen LogP) is 1.24. The average Bonchev–Trinajstić information content (AvgIpc) is 2.76. The van der Waals surface area contributed by atoms with E-state index >= 15 is 0 Å². The Balaban J connectivity index is 1.74. The number of esters is 1. The van der Waals surface area contributed by atoms with Gasteiger partial charge >= 0.3 is 5.97 Å². The van der Waals surface area contributed by atoms with Crippen molar-refractivity contribution in [3.8, 4) is 0 Å². The lowest BCUT2D eigenvalue weighted by Crippen LogP contribution is -2.46. The van der Waals surface area contributed by atoms with Crippen molar-refractivity contribution >= 4 is 5.97 Å². The Morgan fingerprint density at radius 2 is 2.38 bits per heavy atom. The maximum Gasteiger partial charge on any atom is 0.326 e. The van der Waals surface area contributed by atoms with Gasteiger partial charge in [-0.1, -0.05) is 0 Å². The molecular formula is C12H21NO3. The van der Waals surface area contributed by atoms with Gasteiger partial charge in [0.15, 0.2) is 0 Å². The van der Waals surface area contributed by atoms with Gasteiger partial charge in [0.1, 0.15) is 12.1 Å². The fourth-order valence-corrected chi connectivity index (χ4v) is 2.34. The van der Waals surface area contributed by atoms with E-state index in [1.54, 1.807) is 0 Å². The summed E-state index contributed by atoms with van der Waals surface area (Å²) in [4.78, 5) is 11.9. The van der Waals surface area contributed by atoms with Crippen molar-refractivity contribution in [2.45, 2.75) is 50.7 Å². The zero-order valence-corrected chi connectivity index (χ0v) is 9.96. The lowest BCUT2D eigenvalue weighted by molar-refractivity contribution is -0.155. The van der Waals surface area contributed by atoms with E-state index in [1.807, 2.05) is 6.92 Å². The highest BCUT2D eigenvalue weighted by atomic mass is 16.6. The topological polar surface area (TPSA) is 47.6 Å². The first kappa shape index (κ1) is 11.9. The first-order chi connectivity index (χ1) is 7.71. The molecule has 4 heteroatoms. The number of ether oxygens (including phenoxy) is 2. The second-order valence-corrected chi connectivity index (χ2v) is 4.95. The molecular weight excluding hydrogens is 206 g/mol. The molecule has 0 aromatic heterocycles. The SMILES string of the molecule is CC1(C(=O)OCC2CCCCO2)CCCN1. The number of nitrogens with one attached hydrogen (secondary N) is 1. The van der Waals surface area contributed by atoms with Crippen LogP contribution in [0.5, 0.6) is 0 Å². The maximum atomic E-state index is 11.9. The van der Waals surface area contributed by atoms with E-state index in [4.69, 9.17) is 9.47 Å². The summed E-state index contributed by atoms with van der Waals surface area (Å²) in [6.07, 6.45) is 5.35. The van der Waals surface area contributed by atoms with Crippen molar-refractivity contribution in [2.24, 2.45) is 0 Å². The van der Waals surface area contributed by atoms with Crippen molar-refractivity contribution in [1.82, 2.24) is 5.32 Å². The average molecular weight is 227 g/mol. The van der Waals surface area contributed by atoms with Crippen LogP contribution in [0.2, 0.25) is 0 Å². The lowest BCUT2D eigenvalue weighted by Gasteiger charge is -2.26. The van der Waals surface area contributed by atoms with Gasteiger partial charge in [0.2, 0.25) is 0 Å². The van der Waals surface area contributed by atoms with Gasteiger partial charge < -0.3 is 14.8 Å². The third-order valence-corrected chi connectivity index (χ3v) is 3.49. The molecule has 1 N–H and O–H groups in total. The normalized spacial score (nSPS) is 34.9. The zero-order chi connectivity index (χ0) is 11.4. The standard InChI is InChI=1S/C12H21NO3/c1-12(6-4-7-13-12)11(14)16-9-10-5-2-3-8-15-10/h10,13H,2-9H2,1H3. The van der Waals surface area contributed by atoms with Crippen LogP contribution in [-0.2, 0) is 14.3 Å². The molecule has 2 heterocycles. The molecule has 2 fully saturated rings. The van der Waals surface area contributed by atoms with Crippen molar-refractivity contribution in [1.29, 1.82) is 0 Å². The van der Waals surface area contributed by atoms with Gasteiger partial charge in [-0.3, -0.25) is 4.79 Å². The number of carbonyl (C=O) groups is 1. The van der Waals surface area contributed by atoms with Crippen molar-refractivity contribution in [3.63, 3.8) is 0 Å². The third-order valence-electron chi connectivity index (χ3n) is 3.49. The molecule has 0 aliphatic carbocycles. The van der Waals surface area contributed by atoms with Gasteiger partial charge in [-0.15, -0.1) is 0 Å². The molecule has 2 aliphatic rings. The number of hydrogen-bond acceptors (Lipinski definition) is 4. The monoisotopic (exact) mass is 227 g/mol. The molecule has 0 saturated carbocycles. The molecule has 16 heavy (non-hydrogen) atoms. The fraction of sp³-hybridized carbons (Fsp3) is 0.917. The largest absolute Gasteiger partial charge is 0.462 e. The third kappa shape index (κ3) is 2.74. The van der Waals surface area contributed by atoms with E-state index in [2.05, 4.69) is 5.32 Å². The van der Waals surface area contributed by atoms with E-state index < -0.39 is 5.54 Å². The van der Waals surface area contributed by atoms with E-state index in [1.165, 1.54) is 6.42 Å². The van der Waals surface area contributed by atoms with Crippen LogP contribution in [0.4, 0.5) is 0 Å². The lowest BCUT2D eigenvalue weighted by atomic mass is 10.0. The van der Waals surface area contributed by atoms with Gasteiger partial charge in [0.25, 0.3) is 0 Å². The fourth-order valence-electron chi connectivity index (χ4n) is 2.34. The molecule has 2 rings (SSSR count). The molecule has 0 aromatic rings. The quantitative estimate of drug-likeness (QED) is 0.737. The molecule has 0 aromatic carbocycles. The molecule has 2 unspecified atom stereocenters. The van der Waals surface area contributed by atoms with Gasteiger partial charge in [-0.2, -0.15) is 0 Å². The van der Waals surface area contributed by atoms with Gasteiger partial charge in [0.05, 0.1) is 6.10 Å². The second kappa shape index (κ2) is 5.15. The van der Waals surface area contributed by atoms with Crippen molar-refractivity contribution < 1.29 is 14.3 Å². The molecule has 0 radical (unpaired) electrons. The van der Waals surface area contributed by atoms with Gasteiger partial charge in [0, 0.05) is 6.61 Å². The Hall–Kier alpha value is -0.610. The van der Waals surface area contributed by atoms with Gasteiger partial charge in [-0.25, -0.2) is 0 Å². The summed E-state index contributed by atoms with van der Waals surface area (Å²) < 4.78 is 10.9. The summed E-state index contributed by atoms with van der Waals surface area (Å²) in [6, 6.07) is 0. The van der Waals surface area contributed by atoms with Crippen LogP contribution in [0.15, 0.2) is 0 Å². The summed E-state index contributed by atoms with van der Waals surface area (Å²) in [5, 5.41) is 3.21. The van der Waals surface area contributed by atoms with Crippen LogP contribution >= 0.6 is 0 Å². The van der Waals surface area contributed by atoms with Crippen LogP contribution in [0.1, 0.15) is 39.0 Å². The predicted molar refractivity (Wildman–Crippen MR) is 60.2 cm³/mol. The Kier molecular flexibility index (Phi) is 3.82. The van der Waals surface area contributed by atoms with Crippen LogP contribution in [0.25, 0.3) is 0 Å². The first-order valence-electron chi connectivity index (χ1n) is 6.24. The minimum atomic E-state index is -0.464. The number of hydrogen-bond donors (Lipinski definition) is 1. The number of carbonyl (C=O) groups excluding carboxylic acids is 1. The highest BCUT2D eigenvalue weighted by Crippen LogP contribution is 2.21. The summed E-state index contributed by atoms with van der Waals surface area (Å²) in [5.74, 6) is -0.126. The molecule has 2 atom stereocenters. The van der Waals surface area contributed by atoms with Crippen molar-refractivity contribution in [3.05, 3.63) is 0 Å². The van der Waals surface area contributed by atoms with Crippen molar-refractivity contribution in [2.75, 3.05) is 19.8 Å². The van der Waals surface area contributed by atoms with Crippen LogP contribution in [-0.4, -0.2) is 37.4 Å². The highest BCUT2D eigenvalue weighted by Gasteiger charge is 2.37. The summed E-state index contributed by atoms with van der Waals surface area (Å²) >= 11 is 0. The molecule has 92 valence electrons. The van der Waals surface area contributed by atoms with E-state index in [9.17, 15) is 4.79 Å². The summed E-state index contributed by atoms with van der Waals surface area (Å²) in [5.41, 5.74) is -0.464. The Morgan fingerprint density at radius 1 is 1.50 bits per heavy atom. The zero-order valence-electron chi connectivity index (χ0n) is 9.96. The van der Waals surface area contributed by atoms with E-state index in [0.717, 1.165) is 38.8 Å². The summed E-state index contributed by atoms with van der Waals surface area (Å²) in [6.45, 7) is 4.05. The smallest absolute Gasteiger partial charge is 0.326 e. The molecule has 0 bridgehead atoms. The highest BCUT2D eigenvalue weighted by molar-refractivity contribution is 5.80. The second-order valence-electron chi connectivity index (χ2n) is 4.95. The Bertz CT molecular complexity index is 243. The molecule has 0 spiro atoms. The molecule has 2 saturated heterocycles. The minimum absolute atomic E-state index is 0.114. The first-order valence-corrected chi connectivity index (χ1v) is 6.24. The van der Waals surface area contributed by atoms with Crippen LogP contribution in [0, 0.1) is 0 Å². The van der Waals surface area contributed by atoms with Crippen LogP contribution in [0.3, 0.4) is 0 Å². The van der Waals surface area contributed by atoms with E-state index in [-0.39, 0.29) is 12.1 Å². The Morgan fingerprint density at radius 3 is 3.00 bits per heavy atom. The molecule has 0 amide bonds. The summed E-state index contributed by atoms with van der Waals surface area (Å²) in [7, 11) is 0. The molecule has 2 aliphatic heterocycles. The van der Waals surface area contributed by atoms with Crippen LogP contribution < -0.4 is 5.32 Å². The minimum Gasteiger partial charge on any atom is -0.462 e. The molecule has 4 nitrogen and oxygen atoms in total.